The Balaban J connectivity index is 1.70. The number of rotatable bonds is 2. The lowest BCUT2D eigenvalue weighted by molar-refractivity contribution is 0.288. The molecular weight excluding hydrogens is 270 g/mol. The molecule has 3 heterocycles. The summed E-state index contributed by atoms with van der Waals surface area (Å²) in [5.41, 5.74) is 3.29. The van der Waals surface area contributed by atoms with Crippen LogP contribution in [0.1, 0.15) is 12.0 Å². The summed E-state index contributed by atoms with van der Waals surface area (Å²) in [7, 11) is 0. The van der Waals surface area contributed by atoms with Gasteiger partial charge in [0.1, 0.15) is 12.1 Å². The summed E-state index contributed by atoms with van der Waals surface area (Å²) < 4.78 is 6.72. The average Bonchev–Trinajstić information content (AvgIpc) is 2.97. The predicted molar refractivity (Wildman–Crippen MR) is 81.0 cm³/mol. The van der Waals surface area contributed by atoms with Crippen molar-refractivity contribution in [1.29, 1.82) is 0 Å². The lowest BCUT2D eigenvalue weighted by Crippen LogP contribution is -2.08. The summed E-state index contributed by atoms with van der Waals surface area (Å²) in [6.45, 7) is 0.821. The van der Waals surface area contributed by atoms with E-state index in [4.69, 9.17) is 4.74 Å². The van der Waals surface area contributed by atoms with Crippen molar-refractivity contribution in [2.24, 2.45) is 0 Å². The standard InChI is InChI=1S/C15H13N3OS/c1-2-10-8-11(3-4-13(10)19-6-1)18-15-14-12(5-7-20-14)16-9-17-15/h3-5,7-9H,1-2,6H2,(H,16,17,18). The largest absolute Gasteiger partial charge is 0.493 e. The Morgan fingerprint density at radius 2 is 2.20 bits per heavy atom. The first-order valence-electron chi connectivity index (χ1n) is 6.61. The fourth-order valence-electron chi connectivity index (χ4n) is 2.45. The molecule has 4 nitrogen and oxygen atoms in total. The minimum absolute atomic E-state index is 0.821. The molecule has 0 atom stereocenters. The van der Waals surface area contributed by atoms with E-state index in [0.29, 0.717) is 0 Å². The summed E-state index contributed by atoms with van der Waals surface area (Å²) in [5.74, 6) is 1.87. The number of aryl methyl sites for hydroxylation is 1. The molecule has 0 bridgehead atoms. The number of thiophene rings is 1. The third-order valence-electron chi connectivity index (χ3n) is 3.41. The van der Waals surface area contributed by atoms with Crippen molar-refractivity contribution in [3.63, 3.8) is 0 Å². The van der Waals surface area contributed by atoms with Crippen LogP contribution >= 0.6 is 11.3 Å². The lowest BCUT2D eigenvalue weighted by Gasteiger charge is -2.18. The predicted octanol–water partition coefficient (Wildman–Crippen LogP) is 3.76. The summed E-state index contributed by atoms with van der Waals surface area (Å²) in [6.07, 6.45) is 3.75. The zero-order valence-electron chi connectivity index (χ0n) is 10.8. The van der Waals surface area contributed by atoms with Gasteiger partial charge in [0.2, 0.25) is 0 Å². The van der Waals surface area contributed by atoms with Gasteiger partial charge in [0.25, 0.3) is 0 Å². The molecule has 0 aliphatic carbocycles. The monoisotopic (exact) mass is 283 g/mol. The zero-order chi connectivity index (χ0) is 13.4. The second kappa shape index (κ2) is 4.76. The fraction of sp³-hybridized carbons (Fsp3) is 0.200. The quantitative estimate of drug-likeness (QED) is 0.778. The second-order valence-electron chi connectivity index (χ2n) is 4.76. The molecule has 100 valence electrons. The van der Waals surface area contributed by atoms with Gasteiger partial charge in [-0.05, 0) is 48.1 Å². The van der Waals surface area contributed by atoms with E-state index in [-0.39, 0.29) is 0 Å². The molecular formula is C15H13N3OS. The molecule has 0 unspecified atom stereocenters. The molecule has 3 aromatic rings. The van der Waals surface area contributed by atoms with Gasteiger partial charge in [0.15, 0.2) is 5.82 Å². The van der Waals surface area contributed by atoms with Crippen molar-refractivity contribution >= 4 is 33.1 Å². The average molecular weight is 283 g/mol. The number of hydrogen-bond donors (Lipinski definition) is 1. The third-order valence-corrected chi connectivity index (χ3v) is 4.32. The summed E-state index contributed by atoms with van der Waals surface area (Å²) in [5, 5.41) is 5.42. The summed E-state index contributed by atoms with van der Waals surface area (Å²) in [4.78, 5) is 8.60. The number of hydrogen-bond acceptors (Lipinski definition) is 5. The molecule has 0 amide bonds. The van der Waals surface area contributed by atoms with Gasteiger partial charge < -0.3 is 10.1 Å². The SMILES string of the molecule is c1nc(Nc2ccc3c(c2)CCCO3)c2sccc2n1. The first-order chi connectivity index (χ1) is 9.90. The molecule has 1 aliphatic rings. The molecule has 4 rings (SSSR count). The Morgan fingerprint density at radius 1 is 1.20 bits per heavy atom. The Bertz CT molecular complexity index is 769. The Hall–Kier alpha value is -2.14. The van der Waals surface area contributed by atoms with Gasteiger partial charge in [-0.15, -0.1) is 11.3 Å². The first-order valence-corrected chi connectivity index (χ1v) is 7.49. The van der Waals surface area contributed by atoms with Crippen LogP contribution in [0.25, 0.3) is 10.2 Å². The topological polar surface area (TPSA) is 47.0 Å². The van der Waals surface area contributed by atoms with Crippen LogP contribution in [0, 0.1) is 0 Å². The number of fused-ring (bicyclic) bond motifs is 2. The van der Waals surface area contributed by atoms with E-state index in [1.807, 2.05) is 23.6 Å². The molecule has 0 radical (unpaired) electrons. The Labute approximate surface area is 120 Å². The van der Waals surface area contributed by atoms with Crippen LogP contribution < -0.4 is 10.1 Å². The van der Waals surface area contributed by atoms with Gasteiger partial charge in [-0.3, -0.25) is 0 Å². The van der Waals surface area contributed by atoms with Crippen molar-refractivity contribution < 1.29 is 4.74 Å². The van der Waals surface area contributed by atoms with Crippen molar-refractivity contribution in [3.05, 3.63) is 41.5 Å². The van der Waals surface area contributed by atoms with Crippen LogP contribution in [0.2, 0.25) is 0 Å². The highest BCUT2D eigenvalue weighted by Gasteiger charge is 2.11. The molecule has 1 aromatic carbocycles. The van der Waals surface area contributed by atoms with Gasteiger partial charge in [0, 0.05) is 5.69 Å². The molecule has 0 fully saturated rings. The molecule has 1 aliphatic heterocycles. The van der Waals surface area contributed by atoms with E-state index in [1.165, 1.54) is 5.56 Å². The number of nitrogens with zero attached hydrogens (tertiary/aromatic N) is 2. The molecule has 1 N–H and O–H groups in total. The highest BCUT2D eigenvalue weighted by atomic mass is 32.1. The van der Waals surface area contributed by atoms with Crippen LogP contribution in [0.4, 0.5) is 11.5 Å². The number of anilines is 2. The van der Waals surface area contributed by atoms with Crippen LogP contribution in [0.5, 0.6) is 5.75 Å². The normalized spacial score (nSPS) is 13.8. The summed E-state index contributed by atoms with van der Waals surface area (Å²) in [6, 6.07) is 8.22. The molecule has 20 heavy (non-hydrogen) atoms. The molecule has 0 saturated carbocycles. The van der Waals surface area contributed by atoms with E-state index < -0.39 is 0 Å². The maximum absolute atomic E-state index is 5.64. The Kier molecular flexibility index (Phi) is 2.77. The Morgan fingerprint density at radius 3 is 3.20 bits per heavy atom. The van der Waals surface area contributed by atoms with Gasteiger partial charge in [-0.25, -0.2) is 9.97 Å². The van der Waals surface area contributed by atoms with Crippen LogP contribution in [0.3, 0.4) is 0 Å². The number of benzene rings is 1. The minimum atomic E-state index is 0.821. The smallest absolute Gasteiger partial charge is 0.151 e. The maximum Gasteiger partial charge on any atom is 0.151 e. The number of ether oxygens (including phenoxy) is 1. The lowest BCUT2D eigenvalue weighted by atomic mass is 10.1. The van der Waals surface area contributed by atoms with Crippen molar-refractivity contribution in [2.75, 3.05) is 11.9 Å². The first kappa shape index (κ1) is 11.7. The van der Waals surface area contributed by atoms with Gasteiger partial charge >= 0.3 is 0 Å². The zero-order valence-corrected chi connectivity index (χ0v) is 11.6. The number of aromatic nitrogens is 2. The van der Waals surface area contributed by atoms with Crippen molar-refractivity contribution in [1.82, 2.24) is 9.97 Å². The second-order valence-corrected chi connectivity index (χ2v) is 5.67. The maximum atomic E-state index is 5.64. The highest BCUT2D eigenvalue weighted by molar-refractivity contribution is 7.17. The van der Waals surface area contributed by atoms with Gasteiger partial charge in [-0.2, -0.15) is 0 Å². The van der Waals surface area contributed by atoms with Gasteiger partial charge in [-0.1, -0.05) is 0 Å². The van der Waals surface area contributed by atoms with E-state index in [2.05, 4.69) is 21.4 Å². The van der Waals surface area contributed by atoms with Gasteiger partial charge in [0.05, 0.1) is 16.8 Å². The van der Waals surface area contributed by atoms with Crippen molar-refractivity contribution in [2.45, 2.75) is 12.8 Å². The van der Waals surface area contributed by atoms with Crippen LogP contribution in [-0.4, -0.2) is 16.6 Å². The summed E-state index contributed by atoms with van der Waals surface area (Å²) >= 11 is 1.65. The molecule has 0 saturated heterocycles. The number of nitrogens with one attached hydrogen (secondary N) is 1. The molecule has 0 spiro atoms. The fourth-order valence-corrected chi connectivity index (χ4v) is 3.24. The van der Waals surface area contributed by atoms with E-state index in [1.54, 1.807) is 17.7 Å². The van der Waals surface area contributed by atoms with Crippen LogP contribution in [0.15, 0.2) is 36.0 Å². The van der Waals surface area contributed by atoms with E-state index in [0.717, 1.165) is 46.9 Å². The van der Waals surface area contributed by atoms with Crippen molar-refractivity contribution in [3.8, 4) is 5.75 Å². The van der Waals surface area contributed by atoms with E-state index >= 15 is 0 Å². The molecule has 2 aromatic heterocycles. The highest BCUT2D eigenvalue weighted by Crippen LogP contribution is 2.31. The minimum Gasteiger partial charge on any atom is -0.493 e. The molecule has 5 heteroatoms. The van der Waals surface area contributed by atoms with E-state index in [9.17, 15) is 0 Å². The van der Waals surface area contributed by atoms with Crippen LogP contribution in [-0.2, 0) is 6.42 Å². The third kappa shape index (κ3) is 2.00.